The second-order valence-corrected chi connectivity index (χ2v) is 8.10. The highest BCUT2D eigenvalue weighted by molar-refractivity contribution is 7.91. The molecule has 28 heavy (non-hydrogen) atoms. The number of nitrogen functional groups attached to an aromatic ring is 1. The molecule has 0 aromatic carbocycles. The summed E-state index contributed by atoms with van der Waals surface area (Å²) < 4.78 is 65.0. The summed E-state index contributed by atoms with van der Waals surface area (Å²) in [6, 6.07) is 2.94. The zero-order valence-corrected chi connectivity index (χ0v) is 15.6. The number of alkyl halides is 3. The molecular formula is C16H15F3N6O2S. The monoisotopic (exact) mass is 412 g/mol. The van der Waals surface area contributed by atoms with Crippen LogP contribution in [0.25, 0.3) is 23.0 Å². The van der Waals surface area contributed by atoms with Crippen LogP contribution in [0, 0.1) is 0 Å². The number of hydrogen-bond acceptors (Lipinski definition) is 7. The van der Waals surface area contributed by atoms with Crippen molar-refractivity contribution in [3.63, 3.8) is 0 Å². The summed E-state index contributed by atoms with van der Waals surface area (Å²) in [5, 5.41) is 7.79. The summed E-state index contributed by atoms with van der Waals surface area (Å²) in [4.78, 5) is 7.84. The molecule has 2 N–H and O–H groups in total. The maximum atomic E-state index is 13.0. The lowest BCUT2D eigenvalue weighted by Crippen LogP contribution is -2.10. The quantitative estimate of drug-likeness (QED) is 0.699. The Balaban J connectivity index is 2.16. The number of nitrogens with zero attached hydrogens (tertiary/aromatic N) is 5. The Labute approximate surface area is 158 Å². The Morgan fingerprint density at radius 2 is 1.82 bits per heavy atom. The van der Waals surface area contributed by atoms with Crippen LogP contribution in [0.15, 0.2) is 35.5 Å². The molecule has 0 aliphatic rings. The van der Waals surface area contributed by atoms with Crippen LogP contribution in [-0.2, 0) is 23.1 Å². The Bertz CT molecular complexity index is 1140. The van der Waals surface area contributed by atoms with Gasteiger partial charge in [-0.2, -0.15) is 13.2 Å². The molecule has 3 rings (SSSR count). The van der Waals surface area contributed by atoms with Crippen LogP contribution >= 0.6 is 0 Å². The fourth-order valence-corrected chi connectivity index (χ4v) is 3.57. The van der Waals surface area contributed by atoms with Gasteiger partial charge < -0.3 is 10.3 Å². The van der Waals surface area contributed by atoms with Crippen LogP contribution in [0.1, 0.15) is 12.5 Å². The molecule has 12 heteroatoms. The van der Waals surface area contributed by atoms with Crippen molar-refractivity contribution in [1.29, 1.82) is 0 Å². The van der Waals surface area contributed by atoms with Gasteiger partial charge in [0.1, 0.15) is 11.4 Å². The van der Waals surface area contributed by atoms with E-state index in [1.165, 1.54) is 30.8 Å². The highest BCUT2D eigenvalue weighted by Gasteiger charge is 2.31. The van der Waals surface area contributed by atoms with Crippen molar-refractivity contribution in [1.82, 2.24) is 24.7 Å². The molecule has 0 saturated carbocycles. The smallest absolute Gasteiger partial charge is 0.397 e. The van der Waals surface area contributed by atoms with E-state index in [2.05, 4.69) is 20.2 Å². The maximum absolute atomic E-state index is 13.0. The van der Waals surface area contributed by atoms with Gasteiger partial charge in [-0.15, -0.1) is 10.2 Å². The largest absolute Gasteiger partial charge is 0.416 e. The van der Waals surface area contributed by atoms with Crippen molar-refractivity contribution in [2.75, 3.05) is 11.5 Å². The minimum absolute atomic E-state index is 0.00396. The molecule has 8 nitrogen and oxygen atoms in total. The number of anilines is 1. The van der Waals surface area contributed by atoms with Gasteiger partial charge in [-0.1, -0.05) is 6.92 Å². The van der Waals surface area contributed by atoms with E-state index in [9.17, 15) is 21.6 Å². The van der Waals surface area contributed by atoms with Gasteiger partial charge in [-0.3, -0.25) is 4.98 Å². The van der Waals surface area contributed by atoms with Crippen LogP contribution < -0.4 is 5.73 Å². The number of halogens is 3. The standard InChI is InChI=1S/C16H15F3N6O2S/c1-3-28(26,27)12-7-10(20)8-22-13(12)15-24-23-14(25(15)2)11-6-9(4-5-21-11)16(17,18)19/h4-8H,3,20H2,1-2H3. The first kappa shape index (κ1) is 19.7. The lowest BCUT2D eigenvalue weighted by atomic mass is 10.2. The predicted octanol–water partition coefficient (Wildman–Crippen LogP) is 2.33. The highest BCUT2D eigenvalue weighted by Crippen LogP contribution is 2.32. The SMILES string of the molecule is CCS(=O)(=O)c1cc(N)cnc1-c1nnc(-c2cc(C(F)(F)F)ccn2)n1C. The Morgan fingerprint density at radius 1 is 1.14 bits per heavy atom. The third-order valence-electron chi connectivity index (χ3n) is 3.99. The average Bonchev–Trinajstić information content (AvgIpc) is 3.02. The molecule has 0 bridgehead atoms. The zero-order valence-electron chi connectivity index (χ0n) is 14.8. The first-order chi connectivity index (χ1) is 13.0. The lowest BCUT2D eigenvalue weighted by molar-refractivity contribution is -0.137. The van der Waals surface area contributed by atoms with Crippen molar-refractivity contribution in [3.05, 3.63) is 36.2 Å². The first-order valence-corrected chi connectivity index (χ1v) is 9.61. The minimum atomic E-state index is -4.54. The Hall–Kier alpha value is -3.02. The zero-order chi connectivity index (χ0) is 20.7. The van der Waals surface area contributed by atoms with Crippen LogP contribution in [0.5, 0.6) is 0 Å². The van der Waals surface area contributed by atoms with Gasteiger partial charge in [0.05, 0.1) is 28.1 Å². The van der Waals surface area contributed by atoms with Crippen LogP contribution in [0.2, 0.25) is 0 Å². The van der Waals surface area contributed by atoms with Gasteiger partial charge in [0, 0.05) is 13.2 Å². The van der Waals surface area contributed by atoms with Gasteiger partial charge in [0.15, 0.2) is 21.5 Å². The van der Waals surface area contributed by atoms with Gasteiger partial charge in [0.25, 0.3) is 0 Å². The van der Waals surface area contributed by atoms with Gasteiger partial charge in [-0.05, 0) is 18.2 Å². The van der Waals surface area contributed by atoms with E-state index in [0.29, 0.717) is 0 Å². The maximum Gasteiger partial charge on any atom is 0.416 e. The molecule has 0 aliphatic carbocycles. The van der Waals surface area contributed by atoms with E-state index in [4.69, 9.17) is 5.73 Å². The molecule has 0 saturated heterocycles. The normalized spacial score (nSPS) is 12.3. The molecule has 0 spiro atoms. The van der Waals surface area contributed by atoms with Crippen molar-refractivity contribution in [3.8, 4) is 23.0 Å². The molecule has 0 fully saturated rings. The van der Waals surface area contributed by atoms with E-state index in [-0.39, 0.29) is 39.4 Å². The van der Waals surface area contributed by atoms with Gasteiger partial charge in [0.2, 0.25) is 0 Å². The van der Waals surface area contributed by atoms with E-state index < -0.39 is 21.6 Å². The van der Waals surface area contributed by atoms with Gasteiger partial charge >= 0.3 is 6.18 Å². The second-order valence-electron chi connectivity index (χ2n) is 5.85. The molecule has 0 radical (unpaired) electrons. The third-order valence-corrected chi connectivity index (χ3v) is 5.73. The first-order valence-electron chi connectivity index (χ1n) is 7.96. The fraction of sp³-hybridized carbons (Fsp3) is 0.250. The molecule has 3 heterocycles. The minimum Gasteiger partial charge on any atom is -0.397 e. The number of nitrogens with two attached hydrogens (primary N) is 1. The van der Waals surface area contributed by atoms with Crippen molar-refractivity contribution in [2.45, 2.75) is 18.0 Å². The average molecular weight is 412 g/mol. The molecule has 0 amide bonds. The summed E-state index contributed by atoms with van der Waals surface area (Å²) in [7, 11) is -2.21. The molecule has 0 aliphatic heterocycles. The Kier molecular flexibility index (Phi) is 4.83. The third kappa shape index (κ3) is 3.54. The molecule has 3 aromatic rings. The number of pyridine rings is 2. The van der Waals surface area contributed by atoms with E-state index in [1.807, 2.05) is 0 Å². The molecule has 0 unspecified atom stereocenters. The molecule has 0 atom stereocenters. The second kappa shape index (κ2) is 6.86. The summed E-state index contributed by atoms with van der Waals surface area (Å²) in [5.74, 6) is -0.105. The van der Waals surface area contributed by atoms with Gasteiger partial charge in [-0.25, -0.2) is 13.4 Å². The van der Waals surface area contributed by atoms with Crippen molar-refractivity contribution < 1.29 is 21.6 Å². The summed E-state index contributed by atoms with van der Waals surface area (Å²) in [6.07, 6.45) is -2.26. The van der Waals surface area contributed by atoms with Crippen LogP contribution in [-0.4, -0.2) is 38.9 Å². The van der Waals surface area contributed by atoms with E-state index >= 15 is 0 Å². The Morgan fingerprint density at radius 3 is 2.46 bits per heavy atom. The number of hydrogen-bond donors (Lipinski definition) is 1. The van der Waals surface area contributed by atoms with Crippen molar-refractivity contribution >= 4 is 15.5 Å². The number of sulfone groups is 1. The predicted molar refractivity (Wildman–Crippen MR) is 94.6 cm³/mol. The highest BCUT2D eigenvalue weighted by atomic mass is 32.2. The topological polar surface area (TPSA) is 117 Å². The summed E-state index contributed by atoms with van der Waals surface area (Å²) in [6.45, 7) is 1.47. The van der Waals surface area contributed by atoms with Crippen LogP contribution in [0.4, 0.5) is 18.9 Å². The van der Waals surface area contributed by atoms with E-state index in [1.54, 1.807) is 0 Å². The van der Waals surface area contributed by atoms with E-state index in [0.717, 1.165) is 18.3 Å². The molecular weight excluding hydrogens is 397 g/mol. The lowest BCUT2D eigenvalue weighted by Gasteiger charge is -2.10. The summed E-state index contributed by atoms with van der Waals surface area (Å²) >= 11 is 0. The molecule has 148 valence electrons. The molecule has 3 aromatic heterocycles. The fourth-order valence-electron chi connectivity index (χ4n) is 2.51. The number of aromatic nitrogens is 5. The van der Waals surface area contributed by atoms with Crippen LogP contribution in [0.3, 0.4) is 0 Å². The van der Waals surface area contributed by atoms with Crippen molar-refractivity contribution in [2.24, 2.45) is 7.05 Å². The summed E-state index contributed by atoms with van der Waals surface area (Å²) in [5.41, 5.74) is 4.87. The number of rotatable bonds is 4.